The molecule has 144 valence electrons. The second kappa shape index (κ2) is 9.88. The van der Waals surface area contributed by atoms with Crippen LogP contribution in [0.1, 0.15) is 86.5 Å². The van der Waals surface area contributed by atoms with Crippen LogP contribution in [0.4, 0.5) is 0 Å². The summed E-state index contributed by atoms with van der Waals surface area (Å²) in [5, 5.41) is 0. The summed E-state index contributed by atoms with van der Waals surface area (Å²) in [6.07, 6.45) is 9.41. The summed E-state index contributed by atoms with van der Waals surface area (Å²) in [6, 6.07) is 0. The largest absolute Gasteiger partial charge is 0.236 e. The Morgan fingerprint density at radius 1 is 0.680 bits per heavy atom. The molecule has 0 aromatic heterocycles. The monoisotopic (exact) mass is 348 g/mol. The lowest BCUT2D eigenvalue weighted by Crippen LogP contribution is -2.19. The third-order valence-electron chi connectivity index (χ3n) is 6.94. The highest BCUT2D eigenvalue weighted by Crippen LogP contribution is 2.26. The van der Waals surface area contributed by atoms with Gasteiger partial charge in [-0.05, 0) is 12.8 Å². The van der Waals surface area contributed by atoms with Crippen molar-refractivity contribution in [1.82, 2.24) is 0 Å². The highest BCUT2D eigenvalue weighted by Gasteiger charge is 2.36. The Labute approximate surface area is 157 Å². The molecule has 0 aromatic carbocycles. The van der Waals surface area contributed by atoms with Gasteiger partial charge in [0.05, 0.1) is 0 Å². The summed E-state index contributed by atoms with van der Waals surface area (Å²) in [7, 11) is 0. The van der Waals surface area contributed by atoms with E-state index in [0.717, 1.165) is 23.7 Å². The maximum atomic E-state index is 2.70. The van der Waals surface area contributed by atoms with Crippen molar-refractivity contribution < 1.29 is 9.15 Å². The Bertz CT molecular complexity index is 444. The van der Waals surface area contributed by atoms with Crippen LogP contribution in [-0.2, 0) is 0 Å². The predicted octanol–water partition coefficient (Wildman–Crippen LogP) is 5.24. The van der Waals surface area contributed by atoms with Gasteiger partial charge in [-0.2, -0.15) is 0 Å². The summed E-state index contributed by atoms with van der Waals surface area (Å²) in [4.78, 5) is 0. The van der Waals surface area contributed by atoms with Gasteiger partial charge in [0.15, 0.2) is 11.4 Å². The minimum absolute atomic E-state index is 0.802. The number of unbranched alkanes of at least 4 members (excludes halogenated alkanes) is 2. The Kier molecular flexibility index (Phi) is 8.16. The van der Waals surface area contributed by atoms with E-state index in [9.17, 15) is 0 Å². The lowest BCUT2D eigenvalue weighted by molar-refractivity contribution is -0.525. The Morgan fingerprint density at radius 3 is 1.44 bits per heavy atom. The molecule has 0 amide bonds. The topological polar surface area (TPSA) is 6.02 Å². The van der Waals surface area contributed by atoms with Gasteiger partial charge in [0.2, 0.25) is 0 Å². The van der Waals surface area contributed by atoms with Crippen LogP contribution in [0.15, 0.2) is 0 Å². The van der Waals surface area contributed by atoms with Gasteiger partial charge in [-0.25, -0.2) is 9.15 Å². The van der Waals surface area contributed by atoms with Crippen molar-refractivity contribution in [2.45, 2.75) is 86.5 Å². The maximum absolute atomic E-state index is 2.70. The van der Waals surface area contributed by atoms with E-state index < -0.39 is 0 Å². The molecule has 4 atom stereocenters. The van der Waals surface area contributed by atoms with Gasteiger partial charge in [0.25, 0.3) is 0 Å². The van der Waals surface area contributed by atoms with Crippen LogP contribution in [-0.4, -0.2) is 46.8 Å². The zero-order valence-electron chi connectivity index (χ0n) is 18.0. The van der Waals surface area contributed by atoms with Gasteiger partial charge in [-0.3, -0.25) is 0 Å². The molecule has 0 saturated heterocycles. The van der Waals surface area contributed by atoms with Gasteiger partial charge in [-0.15, -0.1) is 0 Å². The molecule has 2 nitrogen and oxygen atoms in total. The molecule has 0 aromatic rings. The van der Waals surface area contributed by atoms with Gasteiger partial charge in [-0.1, -0.05) is 48.0 Å². The first-order chi connectivity index (χ1) is 12.0. The van der Waals surface area contributed by atoms with Crippen LogP contribution < -0.4 is 0 Å². The Balaban J connectivity index is 1.79. The van der Waals surface area contributed by atoms with Gasteiger partial charge in [0, 0.05) is 49.4 Å². The van der Waals surface area contributed by atoms with Crippen molar-refractivity contribution >= 4 is 11.4 Å². The molecule has 0 spiro atoms. The van der Waals surface area contributed by atoms with E-state index >= 15 is 0 Å². The van der Waals surface area contributed by atoms with Gasteiger partial charge >= 0.3 is 0 Å². The van der Waals surface area contributed by atoms with E-state index in [4.69, 9.17) is 0 Å². The smallest absolute Gasteiger partial charge is 0.155 e. The fourth-order valence-electron chi connectivity index (χ4n) is 5.05. The van der Waals surface area contributed by atoms with Crippen molar-refractivity contribution in [1.29, 1.82) is 0 Å². The lowest BCUT2D eigenvalue weighted by atomic mass is 9.90. The molecule has 2 heterocycles. The molecule has 4 unspecified atom stereocenters. The number of rotatable bonds is 10. The summed E-state index contributed by atoms with van der Waals surface area (Å²) in [5.74, 6) is 3.30. The van der Waals surface area contributed by atoms with Crippen molar-refractivity contribution in [2.75, 3.05) is 26.2 Å². The standard InChI is InChI=1S/C23H44N2/c1-7-14-24-16-18(3)20(5)22(24)12-10-9-11-13-23-21(6)19(4)17-25(23)15-8-2/h18-21H,7-17H2,1-6H3/q+2. The SMILES string of the molecule is CCC[N+]1=C(CCCCCC2=[N+](CCC)CC(C)C2C)C(C)C(C)C1. The first-order valence-electron chi connectivity index (χ1n) is 11.2. The molecule has 0 radical (unpaired) electrons. The number of hydrogen-bond donors (Lipinski definition) is 0. The Morgan fingerprint density at radius 2 is 1.08 bits per heavy atom. The molecular weight excluding hydrogens is 304 g/mol. The summed E-state index contributed by atoms with van der Waals surface area (Å²) < 4.78 is 5.40. The Hall–Kier alpha value is -0.660. The van der Waals surface area contributed by atoms with Crippen LogP contribution in [0, 0.1) is 23.7 Å². The fraction of sp³-hybridized carbons (Fsp3) is 0.913. The maximum Gasteiger partial charge on any atom is 0.155 e. The lowest BCUT2D eigenvalue weighted by Gasteiger charge is -2.09. The van der Waals surface area contributed by atoms with Crippen LogP contribution in [0.5, 0.6) is 0 Å². The molecule has 0 N–H and O–H groups in total. The zero-order chi connectivity index (χ0) is 18.4. The van der Waals surface area contributed by atoms with Crippen LogP contribution in [0.3, 0.4) is 0 Å². The average molecular weight is 349 g/mol. The van der Waals surface area contributed by atoms with E-state index in [1.165, 1.54) is 71.1 Å². The average Bonchev–Trinajstić information content (AvgIpc) is 2.99. The quantitative estimate of drug-likeness (QED) is 0.376. The predicted molar refractivity (Wildman–Crippen MR) is 110 cm³/mol. The first kappa shape index (κ1) is 20.6. The summed E-state index contributed by atoms with van der Waals surface area (Å²) in [5.41, 5.74) is 3.52. The second-order valence-electron chi connectivity index (χ2n) is 8.97. The third kappa shape index (κ3) is 5.17. The highest BCUT2D eigenvalue weighted by atomic mass is 15.0. The molecule has 2 aliphatic rings. The van der Waals surface area contributed by atoms with E-state index in [1.807, 2.05) is 0 Å². The molecule has 0 saturated carbocycles. The van der Waals surface area contributed by atoms with E-state index in [-0.39, 0.29) is 0 Å². The van der Waals surface area contributed by atoms with Crippen LogP contribution in [0.25, 0.3) is 0 Å². The molecule has 2 aliphatic heterocycles. The van der Waals surface area contributed by atoms with Crippen molar-refractivity contribution in [2.24, 2.45) is 23.7 Å². The fourth-order valence-corrected chi connectivity index (χ4v) is 5.05. The molecule has 2 heteroatoms. The van der Waals surface area contributed by atoms with E-state index in [0.29, 0.717) is 0 Å². The zero-order valence-corrected chi connectivity index (χ0v) is 18.0. The van der Waals surface area contributed by atoms with Crippen molar-refractivity contribution in [3.05, 3.63) is 0 Å². The highest BCUT2D eigenvalue weighted by molar-refractivity contribution is 5.83. The molecule has 0 fully saturated rings. The first-order valence-corrected chi connectivity index (χ1v) is 11.2. The molecule has 0 bridgehead atoms. The third-order valence-corrected chi connectivity index (χ3v) is 6.94. The summed E-state index contributed by atoms with van der Waals surface area (Å²) >= 11 is 0. The number of hydrogen-bond acceptors (Lipinski definition) is 0. The second-order valence-corrected chi connectivity index (χ2v) is 8.97. The molecular formula is C23H44N2+2. The van der Waals surface area contributed by atoms with Gasteiger partial charge in [0.1, 0.15) is 26.2 Å². The normalized spacial score (nSPS) is 30.0. The molecule has 25 heavy (non-hydrogen) atoms. The minimum Gasteiger partial charge on any atom is -0.236 e. The molecule has 0 aliphatic carbocycles. The van der Waals surface area contributed by atoms with Crippen molar-refractivity contribution in [3.63, 3.8) is 0 Å². The van der Waals surface area contributed by atoms with Gasteiger partial charge < -0.3 is 0 Å². The summed E-state index contributed by atoms with van der Waals surface area (Å²) in [6.45, 7) is 19.5. The minimum atomic E-state index is 0.802. The number of nitrogens with zero attached hydrogens (tertiary/aromatic N) is 2. The van der Waals surface area contributed by atoms with Crippen LogP contribution in [0.2, 0.25) is 0 Å². The van der Waals surface area contributed by atoms with Crippen LogP contribution >= 0.6 is 0 Å². The van der Waals surface area contributed by atoms with E-state index in [1.54, 1.807) is 11.4 Å². The van der Waals surface area contributed by atoms with E-state index in [2.05, 4.69) is 50.7 Å². The molecule has 2 rings (SSSR count). The van der Waals surface area contributed by atoms with Crippen molar-refractivity contribution in [3.8, 4) is 0 Å².